The lowest BCUT2D eigenvalue weighted by Crippen LogP contribution is -2.12. The first kappa shape index (κ1) is 20.1. The summed E-state index contributed by atoms with van der Waals surface area (Å²) in [6.45, 7) is 7.90. The molecule has 0 aliphatic heterocycles. The molecule has 0 saturated carbocycles. The van der Waals surface area contributed by atoms with E-state index in [2.05, 4.69) is 6.07 Å². The van der Waals surface area contributed by atoms with Gasteiger partial charge in [-0.1, -0.05) is 53.6 Å². The number of pyridine rings is 1. The summed E-state index contributed by atoms with van der Waals surface area (Å²) in [4.78, 5) is 18.2. The maximum absolute atomic E-state index is 13.3. The smallest absolute Gasteiger partial charge is 0.344 e. The van der Waals surface area contributed by atoms with Crippen LogP contribution in [-0.2, 0) is 0 Å². The van der Waals surface area contributed by atoms with Gasteiger partial charge in [-0.15, -0.1) is 0 Å². The minimum absolute atomic E-state index is 0.389. The molecule has 0 saturated heterocycles. The standard InChI is InChI=1S/C26H22ClNO2/c1-15-12-18(4)24-21(13-15)22(14-23(28-24)19-8-10-20(27)11-9-19)26(29)30-25-16(2)6-5-7-17(25)3/h5-14H,1-4H3. The highest BCUT2D eigenvalue weighted by molar-refractivity contribution is 6.30. The van der Waals surface area contributed by atoms with Crippen molar-refractivity contribution in [1.82, 2.24) is 4.98 Å². The Hall–Kier alpha value is -3.17. The zero-order valence-electron chi connectivity index (χ0n) is 17.4. The van der Waals surface area contributed by atoms with Gasteiger partial charge in [0.1, 0.15) is 5.75 Å². The molecule has 3 nitrogen and oxygen atoms in total. The number of esters is 1. The van der Waals surface area contributed by atoms with Gasteiger partial charge in [-0.05, 0) is 68.7 Å². The van der Waals surface area contributed by atoms with Crippen molar-refractivity contribution < 1.29 is 9.53 Å². The van der Waals surface area contributed by atoms with Gasteiger partial charge in [-0.25, -0.2) is 9.78 Å². The van der Waals surface area contributed by atoms with Crippen molar-refractivity contribution in [1.29, 1.82) is 0 Å². The highest BCUT2D eigenvalue weighted by Crippen LogP contribution is 2.30. The molecule has 0 aliphatic rings. The SMILES string of the molecule is Cc1cc(C)c2nc(-c3ccc(Cl)cc3)cc(C(=O)Oc3c(C)cccc3C)c2c1. The molecule has 0 bridgehead atoms. The highest BCUT2D eigenvalue weighted by atomic mass is 35.5. The number of hydrogen-bond donors (Lipinski definition) is 0. The van der Waals surface area contributed by atoms with Crippen LogP contribution in [0.1, 0.15) is 32.6 Å². The molecule has 4 rings (SSSR count). The number of ether oxygens (including phenoxy) is 1. The molecule has 0 unspecified atom stereocenters. The molecular weight excluding hydrogens is 394 g/mol. The van der Waals surface area contributed by atoms with E-state index in [9.17, 15) is 4.79 Å². The lowest BCUT2D eigenvalue weighted by atomic mass is 10.00. The van der Waals surface area contributed by atoms with Gasteiger partial charge in [0.25, 0.3) is 0 Å². The van der Waals surface area contributed by atoms with E-state index in [0.717, 1.165) is 38.7 Å². The number of carbonyl (C=O) groups excluding carboxylic acids is 1. The summed E-state index contributed by atoms with van der Waals surface area (Å²) in [6, 6.07) is 19.1. The van der Waals surface area contributed by atoms with Gasteiger partial charge < -0.3 is 4.74 Å². The Balaban J connectivity index is 1.90. The molecule has 0 spiro atoms. The molecule has 4 heteroatoms. The van der Waals surface area contributed by atoms with E-state index in [1.165, 1.54) is 0 Å². The molecule has 0 atom stereocenters. The molecule has 3 aromatic carbocycles. The van der Waals surface area contributed by atoms with E-state index >= 15 is 0 Å². The topological polar surface area (TPSA) is 39.2 Å². The normalized spacial score (nSPS) is 11.0. The molecule has 4 aromatic rings. The molecule has 150 valence electrons. The summed E-state index contributed by atoms with van der Waals surface area (Å²) in [5, 5.41) is 1.45. The monoisotopic (exact) mass is 415 g/mol. The summed E-state index contributed by atoms with van der Waals surface area (Å²) < 4.78 is 5.87. The summed E-state index contributed by atoms with van der Waals surface area (Å²) in [5.74, 6) is 0.213. The third-order valence-corrected chi connectivity index (χ3v) is 5.46. The van der Waals surface area contributed by atoms with Gasteiger partial charge in [0.05, 0.1) is 16.8 Å². The van der Waals surface area contributed by atoms with Gasteiger partial charge in [0, 0.05) is 16.0 Å². The number of aryl methyl sites for hydroxylation is 4. The number of fused-ring (bicyclic) bond motifs is 1. The predicted octanol–water partition coefficient (Wildman–Crippen LogP) is 7.01. The fourth-order valence-electron chi connectivity index (χ4n) is 3.73. The number of rotatable bonds is 3. The van der Waals surface area contributed by atoms with Crippen LogP contribution >= 0.6 is 11.6 Å². The van der Waals surface area contributed by atoms with Crippen molar-refractivity contribution >= 4 is 28.5 Å². The fraction of sp³-hybridized carbons (Fsp3) is 0.154. The van der Waals surface area contributed by atoms with Crippen LogP contribution in [0.2, 0.25) is 5.02 Å². The lowest BCUT2D eigenvalue weighted by molar-refractivity contribution is 0.0734. The number of halogens is 1. The summed E-state index contributed by atoms with van der Waals surface area (Å²) in [6.07, 6.45) is 0. The number of nitrogens with zero attached hydrogens (tertiary/aromatic N) is 1. The first-order valence-corrected chi connectivity index (χ1v) is 10.2. The molecule has 30 heavy (non-hydrogen) atoms. The molecule has 0 N–H and O–H groups in total. The molecule has 0 fully saturated rings. The Kier molecular flexibility index (Phi) is 5.31. The van der Waals surface area contributed by atoms with Gasteiger partial charge in [-0.3, -0.25) is 0 Å². The van der Waals surface area contributed by atoms with Gasteiger partial charge in [0.15, 0.2) is 0 Å². The van der Waals surface area contributed by atoms with Crippen molar-refractivity contribution in [3.63, 3.8) is 0 Å². The van der Waals surface area contributed by atoms with Crippen LogP contribution in [-0.4, -0.2) is 11.0 Å². The van der Waals surface area contributed by atoms with E-state index in [1.54, 1.807) is 6.07 Å². The second-order valence-electron chi connectivity index (χ2n) is 7.65. The Morgan fingerprint density at radius 2 is 1.53 bits per heavy atom. The number of para-hydroxylation sites is 1. The second-order valence-corrected chi connectivity index (χ2v) is 8.09. The maximum Gasteiger partial charge on any atom is 0.344 e. The predicted molar refractivity (Wildman–Crippen MR) is 123 cm³/mol. The zero-order chi connectivity index (χ0) is 21.4. The average Bonchev–Trinajstić information content (AvgIpc) is 2.70. The quantitative estimate of drug-likeness (QED) is 0.267. The Bertz CT molecular complexity index is 1260. The third-order valence-electron chi connectivity index (χ3n) is 5.21. The minimum Gasteiger partial charge on any atom is -0.422 e. The molecule has 1 heterocycles. The molecule has 0 radical (unpaired) electrons. The Labute approximate surface area is 181 Å². The minimum atomic E-state index is -0.389. The first-order valence-electron chi connectivity index (χ1n) is 9.80. The van der Waals surface area contributed by atoms with Crippen LogP contribution in [0, 0.1) is 27.7 Å². The number of aromatic nitrogens is 1. The zero-order valence-corrected chi connectivity index (χ0v) is 18.2. The second kappa shape index (κ2) is 7.92. The summed E-state index contributed by atoms with van der Waals surface area (Å²) >= 11 is 6.04. The summed E-state index contributed by atoms with van der Waals surface area (Å²) in [5.41, 5.74) is 6.82. The van der Waals surface area contributed by atoms with Crippen LogP contribution in [0.5, 0.6) is 5.75 Å². The number of benzene rings is 3. The van der Waals surface area contributed by atoms with Crippen LogP contribution < -0.4 is 4.74 Å². The van der Waals surface area contributed by atoms with Gasteiger partial charge in [0.2, 0.25) is 0 Å². The van der Waals surface area contributed by atoms with Crippen molar-refractivity contribution in [3.05, 3.63) is 93.5 Å². The average molecular weight is 416 g/mol. The third kappa shape index (κ3) is 3.81. The van der Waals surface area contributed by atoms with Crippen LogP contribution in [0.15, 0.2) is 60.7 Å². The highest BCUT2D eigenvalue weighted by Gasteiger charge is 2.19. The largest absolute Gasteiger partial charge is 0.422 e. The van der Waals surface area contributed by atoms with Gasteiger partial charge >= 0.3 is 5.97 Å². The summed E-state index contributed by atoms with van der Waals surface area (Å²) in [7, 11) is 0. The van der Waals surface area contributed by atoms with Crippen molar-refractivity contribution in [3.8, 4) is 17.0 Å². The van der Waals surface area contributed by atoms with E-state index < -0.39 is 0 Å². The van der Waals surface area contributed by atoms with E-state index in [0.29, 0.717) is 22.0 Å². The number of hydrogen-bond acceptors (Lipinski definition) is 3. The van der Waals surface area contributed by atoms with Crippen LogP contribution in [0.25, 0.3) is 22.2 Å². The molecular formula is C26H22ClNO2. The van der Waals surface area contributed by atoms with Crippen molar-refractivity contribution in [2.75, 3.05) is 0 Å². The van der Waals surface area contributed by atoms with E-state index in [4.69, 9.17) is 21.3 Å². The number of carbonyl (C=O) groups is 1. The first-order chi connectivity index (χ1) is 14.3. The lowest BCUT2D eigenvalue weighted by Gasteiger charge is -2.14. The fourth-order valence-corrected chi connectivity index (χ4v) is 3.85. The Morgan fingerprint density at radius 3 is 2.20 bits per heavy atom. The van der Waals surface area contributed by atoms with Crippen LogP contribution in [0.3, 0.4) is 0 Å². The van der Waals surface area contributed by atoms with Crippen molar-refractivity contribution in [2.24, 2.45) is 0 Å². The van der Waals surface area contributed by atoms with Gasteiger partial charge in [-0.2, -0.15) is 0 Å². The maximum atomic E-state index is 13.3. The molecule has 1 aromatic heterocycles. The van der Waals surface area contributed by atoms with E-state index in [1.807, 2.05) is 76.2 Å². The Morgan fingerprint density at radius 1 is 0.867 bits per heavy atom. The van der Waals surface area contributed by atoms with Crippen molar-refractivity contribution in [2.45, 2.75) is 27.7 Å². The van der Waals surface area contributed by atoms with Crippen LogP contribution in [0.4, 0.5) is 0 Å². The molecule has 0 aliphatic carbocycles. The van der Waals surface area contributed by atoms with E-state index in [-0.39, 0.29) is 5.97 Å². The molecule has 0 amide bonds.